The Hall–Kier alpha value is -3.54. The summed E-state index contributed by atoms with van der Waals surface area (Å²) < 4.78 is 5.34. The van der Waals surface area contributed by atoms with Crippen LogP contribution in [0.5, 0.6) is 0 Å². The monoisotopic (exact) mass is 398 g/mol. The largest absolute Gasteiger partial charge is 0.352 e. The van der Waals surface area contributed by atoms with E-state index in [1.807, 2.05) is 54.6 Å². The summed E-state index contributed by atoms with van der Waals surface area (Å²) in [4.78, 5) is 22.4. The first-order valence-electron chi connectivity index (χ1n) is 10.4. The Labute approximate surface area is 174 Å². The van der Waals surface area contributed by atoms with Crippen LogP contribution in [0.1, 0.15) is 40.3 Å². The molecule has 2 heterocycles. The lowest BCUT2D eigenvalue weighted by atomic mass is 9.89. The van der Waals surface area contributed by atoms with Crippen LogP contribution < -0.4 is 5.32 Å². The van der Waals surface area contributed by atoms with Crippen molar-refractivity contribution in [3.63, 3.8) is 0 Å². The Kier molecular flexibility index (Phi) is 4.97. The number of amides is 1. The van der Waals surface area contributed by atoms with Crippen molar-refractivity contribution in [1.29, 1.82) is 0 Å². The second-order valence-corrected chi connectivity index (χ2v) is 7.52. The molecule has 1 amide bonds. The van der Waals surface area contributed by atoms with Crippen molar-refractivity contribution in [1.82, 2.24) is 20.4 Å². The third-order valence-corrected chi connectivity index (χ3v) is 5.52. The third kappa shape index (κ3) is 3.56. The molecule has 150 valence electrons. The van der Waals surface area contributed by atoms with Gasteiger partial charge in [-0.1, -0.05) is 41.6 Å². The molecule has 1 N–H and O–H groups in total. The second kappa shape index (κ2) is 8.06. The Balaban J connectivity index is 1.33. The van der Waals surface area contributed by atoms with E-state index in [-0.39, 0.29) is 5.91 Å². The summed E-state index contributed by atoms with van der Waals surface area (Å²) in [6, 6.07) is 17.5. The summed E-state index contributed by atoms with van der Waals surface area (Å²) in [6.07, 6.45) is 4.57. The van der Waals surface area contributed by atoms with Gasteiger partial charge in [-0.05, 0) is 49.4 Å². The lowest BCUT2D eigenvalue weighted by Gasteiger charge is -2.20. The zero-order valence-electron chi connectivity index (χ0n) is 16.6. The van der Waals surface area contributed by atoms with Gasteiger partial charge in [0.15, 0.2) is 5.82 Å². The normalized spacial score (nSPS) is 13.2. The average molecular weight is 398 g/mol. The van der Waals surface area contributed by atoms with Crippen LogP contribution in [-0.4, -0.2) is 27.6 Å². The number of hydrogen-bond donors (Lipinski definition) is 1. The molecule has 1 aliphatic rings. The van der Waals surface area contributed by atoms with Crippen LogP contribution in [0.3, 0.4) is 0 Å². The Morgan fingerprint density at radius 3 is 2.67 bits per heavy atom. The van der Waals surface area contributed by atoms with E-state index in [4.69, 9.17) is 9.51 Å². The maximum atomic E-state index is 13.1. The summed E-state index contributed by atoms with van der Waals surface area (Å²) in [5.41, 5.74) is 4.71. The number of rotatable bonds is 5. The van der Waals surface area contributed by atoms with Crippen LogP contribution in [0.15, 0.2) is 59.1 Å². The quantitative estimate of drug-likeness (QED) is 0.547. The number of nitrogens with zero attached hydrogens (tertiary/aromatic N) is 3. The van der Waals surface area contributed by atoms with E-state index in [9.17, 15) is 4.79 Å². The minimum Gasteiger partial charge on any atom is -0.352 e. The molecule has 5 rings (SSSR count). The molecule has 0 aliphatic heterocycles. The van der Waals surface area contributed by atoms with Crippen LogP contribution in [0, 0.1) is 0 Å². The first-order valence-corrected chi connectivity index (χ1v) is 10.4. The average Bonchev–Trinajstić information content (AvgIpc) is 3.27. The number of para-hydroxylation sites is 1. The molecule has 0 unspecified atom stereocenters. The lowest BCUT2D eigenvalue weighted by molar-refractivity contribution is 0.0954. The number of benzene rings is 2. The van der Waals surface area contributed by atoms with Crippen molar-refractivity contribution >= 4 is 16.8 Å². The standard InChI is InChI=1S/C24H22N4O2/c29-23(25-15-14-21-27-24(30-28-21)16-8-2-1-3-9-16)22-17-10-4-6-12-19(17)26-20-13-7-5-11-18(20)22/h1-4,6,8-10,12H,5,7,11,13-15H2,(H,25,29). The molecule has 6 nitrogen and oxygen atoms in total. The predicted octanol–water partition coefficient (Wildman–Crippen LogP) is 4.14. The maximum Gasteiger partial charge on any atom is 0.257 e. The lowest BCUT2D eigenvalue weighted by Crippen LogP contribution is -2.28. The van der Waals surface area contributed by atoms with E-state index < -0.39 is 0 Å². The van der Waals surface area contributed by atoms with Crippen molar-refractivity contribution in [3.8, 4) is 11.5 Å². The molecule has 2 aromatic heterocycles. The van der Waals surface area contributed by atoms with E-state index in [1.54, 1.807) is 0 Å². The number of pyridine rings is 1. The fraction of sp³-hybridized carbons (Fsp3) is 0.250. The van der Waals surface area contributed by atoms with Crippen LogP contribution in [0.2, 0.25) is 0 Å². The molecule has 4 aromatic rings. The highest BCUT2D eigenvalue weighted by atomic mass is 16.5. The first kappa shape index (κ1) is 18.5. The molecule has 0 saturated heterocycles. The van der Waals surface area contributed by atoms with Crippen LogP contribution in [-0.2, 0) is 19.3 Å². The molecule has 0 fully saturated rings. The SMILES string of the molecule is O=C(NCCc1noc(-c2ccccc2)n1)c1c2c(nc3ccccc13)CCCC2. The number of aryl methyl sites for hydroxylation is 1. The van der Waals surface area contributed by atoms with Gasteiger partial charge in [0.2, 0.25) is 0 Å². The smallest absolute Gasteiger partial charge is 0.257 e. The van der Waals surface area contributed by atoms with Gasteiger partial charge in [0.1, 0.15) is 0 Å². The summed E-state index contributed by atoms with van der Waals surface area (Å²) in [5.74, 6) is 1.01. The van der Waals surface area contributed by atoms with Gasteiger partial charge in [0.25, 0.3) is 11.8 Å². The summed E-state index contributed by atoms with van der Waals surface area (Å²) >= 11 is 0. The van der Waals surface area contributed by atoms with Gasteiger partial charge in [-0.15, -0.1) is 0 Å². The van der Waals surface area contributed by atoms with Gasteiger partial charge in [0.05, 0.1) is 11.1 Å². The number of carbonyl (C=O) groups is 1. The van der Waals surface area contributed by atoms with Crippen LogP contribution in [0.25, 0.3) is 22.4 Å². The molecule has 2 aromatic carbocycles. The maximum absolute atomic E-state index is 13.1. The number of carbonyl (C=O) groups excluding carboxylic acids is 1. The molecule has 0 saturated carbocycles. The van der Waals surface area contributed by atoms with Gasteiger partial charge < -0.3 is 9.84 Å². The molecule has 0 radical (unpaired) electrons. The van der Waals surface area contributed by atoms with E-state index in [0.29, 0.717) is 24.7 Å². The molecule has 0 bridgehead atoms. The number of hydrogen-bond acceptors (Lipinski definition) is 5. The highest BCUT2D eigenvalue weighted by molar-refractivity contribution is 6.07. The molecule has 0 atom stereocenters. The van der Waals surface area contributed by atoms with Gasteiger partial charge >= 0.3 is 0 Å². The van der Waals surface area contributed by atoms with E-state index in [0.717, 1.165) is 59.0 Å². The Morgan fingerprint density at radius 2 is 1.77 bits per heavy atom. The minimum absolute atomic E-state index is 0.0569. The molecule has 6 heteroatoms. The molecule has 0 spiro atoms. The van der Waals surface area contributed by atoms with Crippen LogP contribution in [0.4, 0.5) is 0 Å². The van der Waals surface area contributed by atoms with Crippen molar-refractivity contribution in [2.24, 2.45) is 0 Å². The van der Waals surface area contributed by atoms with Gasteiger partial charge in [0, 0.05) is 29.6 Å². The second-order valence-electron chi connectivity index (χ2n) is 7.52. The van der Waals surface area contributed by atoms with Crippen molar-refractivity contribution < 1.29 is 9.32 Å². The molecule has 1 aliphatic carbocycles. The van der Waals surface area contributed by atoms with Gasteiger partial charge in [-0.2, -0.15) is 4.98 Å². The van der Waals surface area contributed by atoms with Crippen LogP contribution >= 0.6 is 0 Å². The fourth-order valence-corrected chi connectivity index (χ4v) is 4.06. The van der Waals surface area contributed by atoms with Gasteiger partial charge in [-0.25, -0.2) is 0 Å². The number of fused-ring (bicyclic) bond motifs is 2. The Morgan fingerprint density at radius 1 is 0.967 bits per heavy atom. The zero-order valence-corrected chi connectivity index (χ0v) is 16.6. The fourth-order valence-electron chi connectivity index (χ4n) is 4.06. The molecular weight excluding hydrogens is 376 g/mol. The number of nitrogens with one attached hydrogen (secondary N) is 1. The summed E-state index contributed by atoms with van der Waals surface area (Å²) in [7, 11) is 0. The van der Waals surface area contributed by atoms with Gasteiger partial charge in [-0.3, -0.25) is 9.78 Å². The van der Waals surface area contributed by atoms with E-state index in [1.165, 1.54) is 0 Å². The molecule has 30 heavy (non-hydrogen) atoms. The highest BCUT2D eigenvalue weighted by Crippen LogP contribution is 2.29. The van der Waals surface area contributed by atoms with Crippen molar-refractivity contribution in [3.05, 3.63) is 77.2 Å². The van der Waals surface area contributed by atoms with Crippen molar-refractivity contribution in [2.75, 3.05) is 6.54 Å². The van der Waals surface area contributed by atoms with Crippen molar-refractivity contribution in [2.45, 2.75) is 32.1 Å². The highest BCUT2D eigenvalue weighted by Gasteiger charge is 2.22. The predicted molar refractivity (Wildman–Crippen MR) is 114 cm³/mol. The molecular formula is C24H22N4O2. The number of aromatic nitrogens is 3. The van der Waals surface area contributed by atoms with E-state index in [2.05, 4.69) is 15.5 Å². The minimum atomic E-state index is -0.0569. The summed E-state index contributed by atoms with van der Waals surface area (Å²) in [5, 5.41) is 8.00. The third-order valence-electron chi connectivity index (χ3n) is 5.52. The summed E-state index contributed by atoms with van der Waals surface area (Å²) in [6.45, 7) is 0.442. The first-order chi connectivity index (χ1) is 14.8. The zero-order chi connectivity index (χ0) is 20.3. The Bertz CT molecular complexity index is 1200. The van der Waals surface area contributed by atoms with E-state index >= 15 is 0 Å². The topological polar surface area (TPSA) is 80.9 Å².